The number of rotatable bonds is 8. The molecule has 3 rings (SSSR count). The summed E-state index contributed by atoms with van der Waals surface area (Å²) in [5.74, 6) is 0.983. The van der Waals surface area contributed by atoms with Crippen LogP contribution < -0.4 is 5.32 Å². The van der Waals surface area contributed by atoms with Crippen molar-refractivity contribution in [2.45, 2.75) is 58.9 Å². The molecule has 2 fully saturated rings. The van der Waals surface area contributed by atoms with E-state index < -0.39 is 0 Å². The highest BCUT2D eigenvalue weighted by Gasteiger charge is 2.32. The summed E-state index contributed by atoms with van der Waals surface area (Å²) in [7, 11) is 0. The zero-order valence-electron chi connectivity index (χ0n) is 18.8. The molecule has 2 atom stereocenters. The maximum Gasteiger partial charge on any atom is 0.194 e. The van der Waals surface area contributed by atoms with E-state index in [9.17, 15) is 0 Å². The standard InChI is InChI=1S/C23H38N4O2.HI/c1-4-24-23(27-13-15-29-22(18-27)21-12-9-14-28-21)25-16-19-10-7-8-11-20(19)17-26(5-2)6-3;/h7-8,10-11,21-22H,4-6,9,12-18H2,1-3H3,(H,24,25);1H. The van der Waals surface area contributed by atoms with Gasteiger partial charge in [0.05, 0.1) is 19.3 Å². The molecular formula is C23H39IN4O2. The summed E-state index contributed by atoms with van der Waals surface area (Å²) >= 11 is 0. The number of halogens is 1. The van der Waals surface area contributed by atoms with E-state index in [1.807, 2.05) is 0 Å². The molecule has 2 saturated heterocycles. The minimum Gasteiger partial charge on any atom is -0.375 e. The van der Waals surface area contributed by atoms with Gasteiger partial charge in [-0.2, -0.15) is 0 Å². The summed E-state index contributed by atoms with van der Waals surface area (Å²) in [4.78, 5) is 9.79. The van der Waals surface area contributed by atoms with Crippen LogP contribution >= 0.6 is 24.0 Å². The minimum absolute atomic E-state index is 0. The Morgan fingerprint density at radius 2 is 1.83 bits per heavy atom. The van der Waals surface area contributed by atoms with Crippen LogP contribution in [0.15, 0.2) is 29.3 Å². The summed E-state index contributed by atoms with van der Waals surface area (Å²) in [5.41, 5.74) is 2.67. The first-order chi connectivity index (χ1) is 14.2. The number of morpholine rings is 1. The number of nitrogens with one attached hydrogen (secondary N) is 1. The third kappa shape index (κ3) is 7.07. The van der Waals surface area contributed by atoms with Crippen LogP contribution in [0, 0.1) is 0 Å². The molecule has 1 aromatic rings. The quantitative estimate of drug-likeness (QED) is 0.317. The summed E-state index contributed by atoms with van der Waals surface area (Å²) in [6.45, 7) is 14.5. The number of hydrogen-bond donors (Lipinski definition) is 1. The van der Waals surface area contributed by atoms with Crippen LogP contribution in [0.25, 0.3) is 0 Å². The van der Waals surface area contributed by atoms with Crippen LogP contribution in [-0.2, 0) is 22.6 Å². The van der Waals surface area contributed by atoms with Gasteiger partial charge in [-0.25, -0.2) is 4.99 Å². The van der Waals surface area contributed by atoms with Gasteiger partial charge >= 0.3 is 0 Å². The first-order valence-electron chi connectivity index (χ1n) is 11.3. The van der Waals surface area contributed by atoms with Crippen molar-refractivity contribution in [3.05, 3.63) is 35.4 Å². The molecular weight excluding hydrogens is 491 g/mol. The zero-order valence-corrected chi connectivity index (χ0v) is 21.1. The van der Waals surface area contributed by atoms with Gasteiger partial charge in [-0.1, -0.05) is 38.1 Å². The Kier molecular flexibility index (Phi) is 11.4. The van der Waals surface area contributed by atoms with Gasteiger partial charge in [-0.3, -0.25) is 4.90 Å². The molecule has 2 aliphatic heterocycles. The van der Waals surface area contributed by atoms with Gasteiger partial charge in [0.2, 0.25) is 0 Å². The van der Waals surface area contributed by atoms with Crippen LogP contribution in [0.1, 0.15) is 44.7 Å². The molecule has 0 bridgehead atoms. The van der Waals surface area contributed by atoms with Crippen molar-refractivity contribution in [3.8, 4) is 0 Å². The fourth-order valence-corrected chi connectivity index (χ4v) is 4.13. The molecule has 0 aliphatic carbocycles. The van der Waals surface area contributed by atoms with Crippen LogP contribution in [0.3, 0.4) is 0 Å². The smallest absolute Gasteiger partial charge is 0.194 e. The molecule has 0 spiro atoms. The molecule has 1 N–H and O–H groups in total. The van der Waals surface area contributed by atoms with Crippen molar-refractivity contribution in [2.75, 3.05) is 45.9 Å². The Morgan fingerprint density at radius 3 is 2.50 bits per heavy atom. The van der Waals surface area contributed by atoms with Crippen molar-refractivity contribution >= 4 is 29.9 Å². The Morgan fingerprint density at radius 1 is 1.10 bits per heavy atom. The average Bonchev–Trinajstić information content (AvgIpc) is 3.31. The lowest BCUT2D eigenvalue weighted by molar-refractivity contribution is -0.0817. The van der Waals surface area contributed by atoms with Gasteiger partial charge in [-0.05, 0) is 44.0 Å². The number of ether oxygens (including phenoxy) is 2. The predicted molar refractivity (Wildman–Crippen MR) is 134 cm³/mol. The molecule has 2 aliphatic rings. The number of hydrogen-bond acceptors (Lipinski definition) is 4. The third-order valence-electron chi connectivity index (χ3n) is 5.91. The fourth-order valence-electron chi connectivity index (χ4n) is 4.13. The van der Waals surface area contributed by atoms with Crippen LogP contribution in [0.5, 0.6) is 0 Å². The Labute approximate surface area is 199 Å². The molecule has 30 heavy (non-hydrogen) atoms. The molecule has 7 heteroatoms. The van der Waals surface area contributed by atoms with Crippen molar-refractivity contribution in [3.63, 3.8) is 0 Å². The van der Waals surface area contributed by atoms with Gasteiger partial charge in [0.15, 0.2) is 5.96 Å². The zero-order chi connectivity index (χ0) is 20.5. The molecule has 170 valence electrons. The highest BCUT2D eigenvalue weighted by Crippen LogP contribution is 2.21. The van der Waals surface area contributed by atoms with E-state index in [1.165, 1.54) is 11.1 Å². The van der Waals surface area contributed by atoms with E-state index in [0.29, 0.717) is 6.54 Å². The lowest BCUT2D eigenvalue weighted by Gasteiger charge is -2.37. The number of aliphatic imine (C=N–C) groups is 1. The molecule has 2 unspecified atom stereocenters. The second kappa shape index (κ2) is 13.5. The van der Waals surface area contributed by atoms with Gasteiger partial charge in [0, 0.05) is 32.8 Å². The van der Waals surface area contributed by atoms with E-state index >= 15 is 0 Å². The lowest BCUT2D eigenvalue weighted by atomic mass is 10.1. The predicted octanol–water partition coefficient (Wildman–Crippen LogP) is 3.49. The van der Waals surface area contributed by atoms with Crippen LogP contribution in [0.4, 0.5) is 0 Å². The largest absolute Gasteiger partial charge is 0.375 e. The maximum absolute atomic E-state index is 6.02. The Hall–Kier alpha value is -0.900. The van der Waals surface area contributed by atoms with Crippen molar-refractivity contribution < 1.29 is 9.47 Å². The molecule has 2 heterocycles. The summed E-state index contributed by atoms with van der Waals surface area (Å²) in [5, 5.41) is 3.49. The highest BCUT2D eigenvalue weighted by molar-refractivity contribution is 14.0. The van der Waals surface area contributed by atoms with E-state index in [0.717, 1.165) is 71.3 Å². The van der Waals surface area contributed by atoms with Gasteiger partial charge in [-0.15, -0.1) is 24.0 Å². The first-order valence-corrected chi connectivity index (χ1v) is 11.3. The molecule has 1 aromatic carbocycles. The molecule has 0 amide bonds. The van der Waals surface area contributed by atoms with Crippen molar-refractivity contribution in [2.24, 2.45) is 4.99 Å². The van der Waals surface area contributed by atoms with Gasteiger partial charge in [0.25, 0.3) is 0 Å². The molecule has 6 nitrogen and oxygen atoms in total. The summed E-state index contributed by atoms with van der Waals surface area (Å²) in [6.07, 6.45) is 2.62. The van der Waals surface area contributed by atoms with E-state index in [1.54, 1.807) is 0 Å². The van der Waals surface area contributed by atoms with E-state index in [2.05, 4.69) is 60.2 Å². The van der Waals surface area contributed by atoms with E-state index in [4.69, 9.17) is 14.5 Å². The minimum atomic E-state index is 0. The van der Waals surface area contributed by atoms with Crippen molar-refractivity contribution in [1.82, 2.24) is 15.1 Å². The third-order valence-corrected chi connectivity index (χ3v) is 5.91. The SMILES string of the molecule is CCNC(=NCc1ccccc1CN(CC)CC)N1CCOC(C2CCCO2)C1.I. The van der Waals surface area contributed by atoms with Gasteiger partial charge < -0.3 is 19.7 Å². The summed E-state index contributed by atoms with van der Waals surface area (Å²) < 4.78 is 11.9. The van der Waals surface area contributed by atoms with E-state index in [-0.39, 0.29) is 36.2 Å². The number of benzene rings is 1. The maximum atomic E-state index is 6.02. The highest BCUT2D eigenvalue weighted by atomic mass is 127. The second-order valence-corrected chi connectivity index (χ2v) is 7.81. The number of nitrogens with zero attached hydrogens (tertiary/aromatic N) is 3. The first kappa shape index (κ1) is 25.4. The van der Waals surface area contributed by atoms with Gasteiger partial charge in [0.1, 0.15) is 6.10 Å². The Bertz CT molecular complexity index is 648. The molecule has 0 radical (unpaired) electrons. The Balaban J connectivity index is 0.00000320. The second-order valence-electron chi connectivity index (χ2n) is 7.81. The lowest BCUT2D eigenvalue weighted by Crippen LogP contribution is -2.53. The molecule has 0 saturated carbocycles. The van der Waals surface area contributed by atoms with Crippen LogP contribution in [0.2, 0.25) is 0 Å². The van der Waals surface area contributed by atoms with Crippen molar-refractivity contribution in [1.29, 1.82) is 0 Å². The fraction of sp³-hybridized carbons (Fsp3) is 0.696. The normalized spacial score (nSPS) is 22.3. The summed E-state index contributed by atoms with van der Waals surface area (Å²) in [6, 6.07) is 8.69. The average molecular weight is 530 g/mol. The monoisotopic (exact) mass is 530 g/mol. The number of guanidine groups is 1. The topological polar surface area (TPSA) is 49.3 Å². The molecule has 0 aromatic heterocycles. The van der Waals surface area contributed by atoms with Crippen LogP contribution in [-0.4, -0.2) is 73.9 Å².